The summed E-state index contributed by atoms with van der Waals surface area (Å²) in [5.41, 5.74) is 0. The zero-order valence-corrected chi connectivity index (χ0v) is 10.0. The van der Waals surface area contributed by atoms with Gasteiger partial charge in [-0.2, -0.15) is 13.2 Å². The third-order valence-corrected chi connectivity index (χ3v) is 3.23. The van der Waals surface area contributed by atoms with Crippen molar-refractivity contribution in [3.63, 3.8) is 0 Å². The zero-order chi connectivity index (χ0) is 13.0. The van der Waals surface area contributed by atoms with Crippen LogP contribution in [-0.2, 0) is 0 Å². The maximum Gasteiger partial charge on any atom is 0.390 e. The van der Waals surface area contributed by atoms with E-state index in [1.165, 1.54) is 0 Å². The molecule has 0 aliphatic heterocycles. The Labute approximate surface area is 104 Å². The van der Waals surface area contributed by atoms with Crippen molar-refractivity contribution >= 4 is 0 Å². The van der Waals surface area contributed by atoms with Gasteiger partial charge in [-0.1, -0.05) is 0 Å². The lowest BCUT2D eigenvalue weighted by molar-refractivity contribution is -0.133. The summed E-state index contributed by atoms with van der Waals surface area (Å²) in [7, 11) is 0. The Bertz CT molecular complexity index is 348. The molecule has 1 aliphatic rings. The Balaban J connectivity index is 1.77. The molecule has 0 aromatic carbocycles. The first-order chi connectivity index (χ1) is 8.54. The molecule has 0 bridgehead atoms. The zero-order valence-electron chi connectivity index (χ0n) is 10.0. The normalized spacial score (nSPS) is 25.3. The highest BCUT2D eigenvalue weighted by atomic mass is 19.4. The molecule has 0 amide bonds. The molecule has 2 rings (SSSR count). The Hall–Kier alpha value is -1.04. The minimum Gasteiger partial charge on any atom is -0.334 e. The van der Waals surface area contributed by atoms with Crippen LogP contribution in [0.5, 0.6) is 0 Å². The fourth-order valence-electron chi connectivity index (χ4n) is 2.31. The van der Waals surface area contributed by atoms with Crippen LogP contribution in [0.25, 0.3) is 0 Å². The van der Waals surface area contributed by atoms with E-state index in [9.17, 15) is 13.2 Å². The van der Waals surface area contributed by atoms with Crippen LogP contribution in [0.1, 0.15) is 31.7 Å². The summed E-state index contributed by atoms with van der Waals surface area (Å²) in [6.45, 7) is 0.00478. The number of alkyl halides is 3. The van der Waals surface area contributed by atoms with Crippen LogP contribution in [0, 0.1) is 6.42 Å². The molecule has 18 heavy (non-hydrogen) atoms. The molecule has 1 aliphatic carbocycles. The van der Waals surface area contributed by atoms with Crippen LogP contribution in [-0.4, -0.2) is 28.3 Å². The first-order valence-electron chi connectivity index (χ1n) is 6.15. The fraction of sp³-hybridized carbons (Fsp3) is 0.667. The van der Waals surface area contributed by atoms with Gasteiger partial charge in [-0.05, 0) is 25.7 Å². The van der Waals surface area contributed by atoms with E-state index < -0.39 is 12.6 Å². The van der Waals surface area contributed by atoms with Crippen LogP contribution < -0.4 is 5.32 Å². The topological polar surface area (TPSA) is 29.9 Å². The second-order valence-corrected chi connectivity index (χ2v) is 4.64. The standard InChI is InChI=1S/C12H17F3N3/c13-12(14,15)4-5-17-10-2-1-3-11(8-10)18-7-6-16-9-18/h3,6-7,9-11,17H,1-2,4-5,8H2/t10-,11?/m1/s1. The van der Waals surface area contributed by atoms with Crippen LogP contribution in [0.15, 0.2) is 18.7 Å². The van der Waals surface area contributed by atoms with E-state index in [0.717, 1.165) is 19.3 Å². The number of aromatic nitrogens is 2. The SMILES string of the molecule is FC(F)(F)CCN[C@@H]1CC[CH]C(n2ccnc2)C1. The molecular weight excluding hydrogens is 243 g/mol. The van der Waals surface area contributed by atoms with E-state index in [2.05, 4.69) is 16.7 Å². The van der Waals surface area contributed by atoms with E-state index in [1.807, 2.05) is 10.8 Å². The highest BCUT2D eigenvalue weighted by Crippen LogP contribution is 2.27. The number of rotatable bonds is 4. The lowest BCUT2D eigenvalue weighted by atomic mass is 9.91. The first kappa shape index (κ1) is 13.4. The summed E-state index contributed by atoms with van der Waals surface area (Å²) < 4.78 is 38.2. The lowest BCUT2D eigenvalue weighted by Gasteiger charge is -2.30. The summed E-state index contributed by atoms with van der Waals surface area (Å²) in [5.74, 6) is 0. The molecule has 0 saturated heterocycles. The van der Waals surface area contributed by atoms with Crippen molar-refractivity contribution in [2.24, 2.45) is 0 Å². The number of hydrogen-bond donors (Lipinski definition) is 1. The molecule has 3 nitrogen and oxygen atoms in total. The molecule has 101 valence electrons. The number of hydrogen-bond acceptors (Lipinski definition) is 2. The third kappa shape index (κ3) is 4.01. The molecule has 1 radical (unpaired) electrons. The van der Waals surface area contributed by atoms with Gasteiger partial charge in [0, 0.05) is 31.0 Å². The Morgan fingerprint density at radius 2 is 2.22 bits per heavy atom. The molecule has 2 atom stereocenters. The molecule has 1 fully saturated rings. The largest absolute Gasteiger partial charge is 0.390 e. The van der Waals surface area contributed by atoms with Crippen molar-refractivity contribution in [1.82, 2.24) is 14.9 Å². The molecule has 6 heteroatoms. The van der Waals surface area contributed by atoms with Gasteiger partial charge < -0.3 is 9.88 Å². The lowest BCUT2D eigenvalue weighted by Crippen LogP contribution is -2.36. The summed E-state index contributed by atoms with van der Waals surface area (Å²) in [6, 6.07) is 0.398. The van der Waals surface area contributed by atoms with E-state index in [1.54, 1.807) is 12.5 Å². The number of nitrogens with one attached hydrogen (secondary N) is 1. The summed E-state index contributed by atoms with van der Waals surface area (Å²) in [6.07, 6.45) is 5.38. The number of nitrogens with zero attached hydrogens (tertiary/aromatic N) is 2. The molecule has 1 aromatic heterocycles. The maximum atomic E-state index is 12.1. The minimum atomic E-state index is -4.07. The van der Waals surface area contributed by atoms with Gasteiger partial charge in [0.2, 0.25) is 0 Å². The summed E-state index contributed by atoms with van der Waals surface area (Å²) in [4.78, 5) is 3.99. The monoisotopic (exact) mass is 260 g/mol. The van der Waals surface area contributed by atoms with Crippen LogP contribution in [0.2, 0.25) is 0 Å². The molecular formula is C12H17F3N3. The van der Waals surface area contributed by atoms with Crippen molar-refractivity contribution in [3.8, 4) is 0 Å². The molecule has 0 spiro atoms. The third-order valence-electron chi connectivity index (χ3n) is 3.23. The quantitative estimate of drug-likeness (QED) is 0.902. The molecule has 1 saturated carbocycles. The Morgan fingerprint density at radius 3 is 2.89 bits per heavy atom. The maximum absolute atomic E-state index is 12.1. The number of imidazole rings is 1. The average molecular weight is 260 g/mol. The van der Waals surface area contributed by atoms with Gasteiger partial charge in [-0.3, -0.25) is 0 Å². The van der Waals surface area contributed by atoms with Gasteiger partial charge in [0.15, 0.2) is 0 Å². The average Bonchev–Trinajstić information content (AvgIpc) is 2.81. The predicted molar refractivity (Wildman–Crippen MR) is 61.9 cm³/mol. The second kappa shape index (κ2) is 5.73. The van der Waals surface area contributed by atoms with Crippen molar-refractivity contribution in [2.75, 3.05) is 6.54 Å². The van der Waals surface area contributed by atoms with Gasteiger partial charge >= 0.3 is 6.18 Å². The van der Waals surface area contributed by atoms with Gasteiger partial charge in [-0.15, -0.1) is 0 Å². The van der Waals surface area contributed by atoms with Gasteiger partial charge in [0.1, 0.15) is 0 Å². The van der Waals surface area contributed by atoms with Gasteiger partial charge in [-0.25, -0.2) is 4.98 Å². The minimum absolute atomic E-state index is 0.00478. The van der Waals surface area contributed by atoms with Crippen molar-refractivity contribution < 1.29 is 13.2 Å². The smallest absolute Gasteiger partial charge is 0.334 e. The van der Waals surface area contributed by atoms with E-state index >= 15 is 0 Å². The Kier molecular flexibility index (Phi) is 4.27. The molecule has 1 aromatic rings. The van der Waals surface area contributed by atoms with Crippen LogP contribution in [0.4, 0.5) is 13.2 Å². The Morgan fingerprint density at radius 1 is 1.39 bits per heavy atom. The highest BCUT2D eigenvalue weighted by molar-refractivity contribution is 4.95. The fourth-order valence-corrected chi connectivity index (χ4v) is 2.31. The van der Waals surface area contributed by atoms with Gasteiger partial charge in [0.05, 0.1) is 12.7 Å². The molecule has 1 heterocycles. The van der Waals surface area contributed by atoms with Crippen molar-refractivity contribution in [1.29, 1.82) is 0 Å². The van der Waals surface area contributed by atoms with E-state index in [-0.39, 0.29) is 18.6 Å². The molecule has 1 unspecified atom stereocenters. The first-order valence-corrected chi connectivity index (χ1v) is 6.15. The van der Waals surface area contributed by atoms with Crippen LogP contribution >= 0.6 is 0 Å². The van der Waals surface area contributed by atoms with E-state index in [0.29, 0.717) is 0 Å². The molecule has 1 N–H and O–H groups in total. The highest BCUT2D eigenvalue weighted by Gasteiger charge is 2.28. The predicted octanol–water partition coefficient (Wildman–Crippen LogP) is 2.72. The summed E-state index contributed by atoms with van der Waals surface area (Å²) in [5, 5.41) is 3.00. The van der Waals surface area contributed by atoms with Crippen molar-refractivity contribution in [3.05, 3.63) is 25.1 Å². The van der Waals surface area contributed by atoms with Crippen molar-refractivity contribution in [2.45, 2.75) is 43.9 Å². The van der Waals surface area contributed by atoms with Crippen LogP contribution in [0.3, 0.4) is 0 Å². The summed E-state index contributed by atoms with van der Waals surface area (Å²) >= 11 is 0. The van der Waals surface area contributed by atoms with Gasteiger partial charge in [0.25, 0.3) is 0 Å². The number of halogens is 3. The second-order valence-electron chi connectivity index (χ2n) is 4.64. The van der Waals surface area contributed by atoms with E-state index in [4.69, 9.17) is 0 Å².